The zero-order valence-corrected chi connectivity index (χ0v) is 14.2. The molecule has 0 spiro atoms. The first kappa shape index (κ1) is 15.8. The summed E-state index contributed by atoms with van der Waals surface area (Å²) < 4.78 is 5.41. The second-order valence-corrected chi connectivity index (χ2v) is 7.36. The molecule has 1 aliphatic rings. The van der Waals surface area contributed by atoms with Crippen molar-refractivity contribution in [2.24, 2.45) is 5.41 Å². The second-order valence-electron chi connectivity index (χ2n) is 7.36. The average Bonchev–Trinajstić information content (AvgIpc) is 3.11. The summed E-state index contributed by atoms with van der Waals surface area (Å²) in [7, 11) is 0. The molecule has 2 aromatic rings. The zero-order chi connectivity index (χ0) is 16.6. The lowest BCUT2D eigenvalue weighted by molar-refractivity contribution is 0.0770. The molecule has 4 heteroatoms. The molecule has 0 bridgehead atoms. The fourth-order valence-electron chi connectivity index (χ4n) is 3.51. The van der Waals surface area contributed by atoms with Gasteiger partial charge in [0.15, 0.2) is 12.1 Å². The van der Waals surface area contributed by atoms with Crippen molar-refractivity contribution in [2.45, 2.75) is 39.5 Å². The molecule has 0 N–H and O–H groups in total. The van der Waals surface area contributed by atoms with Crippen LogP contribution in [0.2, 0.25) is 0 Å². The predicted octanol–water partition coefficient (Wildman–Crippen LogP) is 4.06. The summed E-state index contributed by atoms with van der Waals surface area (Å²) in [6, 6.07) is 10.4. The number of aromatic nitrogens is 1. The van der Waals surface area contributed by atoms with E-state index < -0.39 is 0 Å². The average molecular weight is 312 g/mol. The van der Waals surface area contributed by atoms with E-state index in [9.17, 15) is 4.79 Å². The molecule has 1 fully saturated rings. The molecular formula is C19H24N2O2. The summed E-state index contributed by atoms with van der Waals surface area (Å²) in [5.41, 5.74) is 1.79. The van der Waals surface area contributed by atoms with Crippen molar-refractivity contribution in [1.29, 1.82) is 0 Å². The number of rotatable bonds is 3. The van der Waals surface area contributed by atoms with Crippen LogP contribution < -0.4 is 0 Å². The first-order valence-corrected chi connectivity index (χ1v) is 8.18. The quantitative estimate of drug-likeness (QED) is 0.858. The minimum atomic E-state index is -0.0195. The van der Waals surface area contributed by atoms with E-state index in [1.54, 1.807) is 0 Å². The minimum Gasteiger partial charge on any atom is -0.447 e. The first-order valence-electron chi connectivity index (χ1n) is 8.18. The Morgan fingerprint density at radius 1 is 1.30 bits per heavy atom. The molecule has 0 unspecified atom stereocenters. The van der Waals surface area contributed by atoms with Gasteiger partial charge in [-0.2, -0.15) is 0 Å². The monoisotopic (exact) mass is 312 g/mol. The van der Waals surface area contributed by atoms with Gasteiger partial charge in [0.1, 0.15) is 5.76 Å². The highest BCUT2D eigenvalue weighted by molar-refractivity contribution is 5.93. The highest BCUT2D eigenvalue weighted by Gasteiger charge is 2.43. The number of hydrogen-bond acceptors (Lipinski definition) is 3. The van der Waals surface area contributed by atoms with Crippen LogP contribution in [0.4, 0.5) is 0 Å². The Kier molecular flexibility index (Phi) is 4.00. The van der Waals surface area contributed by atoms with Crippen LogP contribution >= 0.6 is 0 Å². The Balaban J connectivity index is 1.85. The SMILES string of the molecule is CC(C)c1ocnc1C(=O)N1C[C@@H](c2ccccc2)C(C)(C)C1. The van der Waals surface area contributed by atoms with Gasteiger partial charge in [0.05, 0.1) is 0 Å². The van der Waals surface area contributed by atoms with Gasteiger partial charge < -0.3 is 9.32 Å². The maximum absolute atomic E-state index is 12.9. The molecule has 1 atom stereocenters. The molecular weight excluding hydrogens is 288 g/mol. The number of oxazole rings is 1. The third-order valence-corrected chi connectivity index (χ3v) is 4.76. The number of hydrogen-bond donors (Lipinski definition) is 0. The van der Waals surface area contributed by atoms with Crippen LogP contribution in [0.3, 0.4) is 0 Å². The van der Waals surface area contributed by atoms with E-state index in [0.717, 1.165) is 13.1 Å². The van der Waals surface area contributed by atoms with Gasteiger partial charge in [-0.3, -0.25) is 4.79 Å². The van der Waals surface area contributed by atoms with Crippen molar-refractivity contribution in [3.63, 3.8) is 0 Å². The minimum absolute atomic E-state index is 0.0195. The summed E-state index contributed by atoms with van der Waals surface area (Å²) in [5.74, 6) is 1.14. The maximum atomic E-state index is 12.9. The summed E-state index contributed by atoms with van der Waals surface area (Å²) in [6.07, 6.45) is 1.37. The van der Waals surface area contributed by atoms with Crippen LogP contribution in [0.5, 0.6) is 0 Å². The van der Waals surface area contributed by atoms with Crippen molar-refractivity contribution in [2.75, 3.05) is 13.1 Å². The van der Waals surface area contributed by atoms with E-state index in [4.69, 9.17) is 4.42 Å². The Morgan fingerprint density at radius 3 is 2.65 bits per heavy atom. The maximum Gasteiger partial charge on any atom is 0.276 e. The van der Waals surface area contributed by atoms with E-state index in [1.165, 1.54) is 12.0 Å². The standard InChI is InChI=1S/C19H24N2O2/c1-13(2)17-16(20-12-23-17)18(22)21-10-15(19(3,4)11-21)14-8-6-5-7-9-14/h5-9,12-13,15H,10-11H2,1-4H3/t15-/m0/s1. The van der Waals surface area contributed by atoms with Gasteiger partial charge in [0.2, 0.25) is 0 Å². The van der Waals surface area contributed by atoms with Gasteiger partial charge >= 0.3 is 0 Å². The van der Waals surface area contributed by atoms with E-state index in [2.05, 4.69) is 43.1 Å². The Bertz CT molecular complexity index is 688. The molecule has 2 heterocycles. The number of nitrogens with zero attached hydrogens (tertiary/aromatic N) is 2. The van der Waals surface area contributed by atoms with Crippen molar-refractivity contribution in [3.8, 4) is 0 Å². The van der Waals surface area contributed by atoms with Crippen LogP contribution in [0, 0.1) is 5.41 Å². The molecule has 1 aromatic carbocycles. The molecule has 0 aliphatic carbocycles. The van der Waals surface area contributed by atoms with Gasteiger partial charge in [0.25, 0.3) is 5.91 Å². The predicted molar refractivity (Wildman–Crippen MR) is 89.5 cm³/mol. The van der Waals surface area contributed by atoms with Crippen LogP contribution in [-0.4, -0.2) is 28.9 Å². The lowest BCUT2D eigenvalue weighted by atomic mass is 9.78. The Morgan fingerprint density at radius 2 is 2.00 bits per heavy atom. The largest absolute Gasteiger partial charge is 0.447 e. The van der Waals surface area contributed by atoms with Crippen LogP contribution in [-0.2, 0) is 0 Å². The lowest BCUT2D eigenvalue weighted by Gasteiger charge is -2.25. The number of likely N-dealkylation sites (tertiary alicyclic amines) is 1. The Hall–Kier alpha value is -2.10. The fraction of sp³-hybridized carbons (Fsp3) is 0.474. The third kappa shape index (κ3) is 2.90. The molecule has 1 aliphatic heterocycles. The highest BCUT2D eigenvalue weighted by atomic mass is 16.3. The number of carbonyl (C=O) groups is 1. The molecule has 122 valence electrons. The number of carbonyl (C=O) groups excluding carboxylic acids is 1. The molecule has 0 saturated carbocycles. The molecule has 1 amide bonds. The van der Waals surface area contributed by atoms with Crippen LogP contribution in [0.1, 0.15) is 61.3 Å². The number of benzene rings is 1. The molecule has 3 rings (SSSR count). The number of amides is 1. The van der Waals surface area contributed by atoms with Crippen molar-refractivity contribution < 1.29 is 9.21 Å². The lowest BCUT2D eigenvalue weighted by Crippen LogP contribution is -2.31. The van der Waals surface area contributed by atoms with E-state index >= 15 is 0 Å². The van der Waals surface area contributed by atoms with Gasteiger partial charge in [-0.1, -0.05) is 58.0 Å². The third-order valence-electron chi connectivity index (χ3n) is 4.76. The summed E-state index contributed by atoms with van der Waals surface area (Å²) >= 11 is 0. The smallest absolute Gasteiger partial charge is 0.276 e. The summed E-state index contributed by atoms with van der Waals surface area (Å²) in [4.78, 5) is 19.0. The fourth-order valence-corrected chi connectivity index (χ4v) is 3.51. The van der Waals surface area contributed by atoms with E-state index in [0.29, 0.717) is 17.4 Å². The van der Waals surface area contributed by atoms with Crippen molar-refractivity contribution in [1.82, 2.24) is 9.88 Å². The van der Waals surface area contributed by atoms with Crippen molar-refractivity contribution >= 4 is 5.91 Å². The summed E-state index contributed by atoms with van der Waals surface area (Å²) in [6.45, 7) is 9.93. The van der Waals surface area contributed by atoms with Gasteiger partial charge in [-0.15, -0.1) is 0 Å². The molecule has 1 aromatic heterocycles. The molecule has 1 saturated heterocycles. The molecule has 0 radical (unpaired) electrons. The van der Waals surface area contributed by atoms with Gasteiger partial charge in [-0.05, 0) is 11.0 Å². The van der Waals surface area contributed by atoms with Gasteiger partial charge in [-0.25, -0.2) is 4.98 Å². The molecule has 4 nitrogen and oxygen atoms in total. The van der Waals surface area contributed by atoms with Gasteiger partial charge in [0, 0.05) is 24.9 Å². The molecule has 23 heavy (non-hydrogen) atoms. The van der Waals surface area contributed by atoms with Crippen LogP contribution in [0.15, 0.2) is 41.1 Å². The second kappa shape index (κ2) is 5.84. The normalized spacial score (nSPS) is 20.2. The van der Waals surface area contributed by atoms with Crippen molar-refractivity contribution in [3.05, 3.63) is 53.7 Å². The zero-order valence-electron chi connectivity index (χ0n) is 14.2. The highest BCUT2D eigenvalue weighted by Crippen LogP contribution is 2.42. The summed E-state index contributed by atoms with van der Waals surface area (Å²) in [5, 5.41) is 0. The topological polar surface area (TPSA) is 46.3 Å². The van der Waals surface area contributed by atoms with E-state index in [-0.39, 0.29) is 17.2 Å². The Labute approximate surface area is 137 Å². The van der Waals surface area contributed by atoms with E-state index in [1.807, 2.05) is 24.8 Å². The van der Waals surface area contributed by atoms with Crippen LogP contribution in [0.25, 0.3) is 0 Å². The first-order chi connectivity index (χ1) is 10.9.